The number of carbonyl (C=O) groups excluding carboxylic acids is 2. The molecule has 0 unspecified atom stereocenters. The summed E-state index contributed by atoms with van der Waals surface area (Å²) in [7, 11) is 3.93. The van der Waals surface area contributed by atoms with E-state index in [0.717, 1.165) is 5.56 Å². The number of hydrogen-bond acceptors (Lipinski definition) is 5. The molecule has 0 atom stereocenters. The summed E-state index contributed by atoms with van der Waals surface area (Å²) in [6, 6.07) is 12.7. The van der Waals surface area contributed by atoms with Gasteiger partial charge in [-0.1, -0.05) is 24.3 Å². The lowest BCUT2D eigenvalue weighted by atomic mass is 9.97. The Morgan fingerprint density at radius 2 is 1.68 bits per heavy atom. The number of nitrogens with zero attached hydrogens (tertiary/aromatic N) is 1. The van der Waals surface area contributed by atoms with E-state index in [9.17, 15) is 9.59 Å². The lowest BCUT2D eigenvalue weighted by Crippen LogP contribution is -2.14. The van der Waals surface area contributed by atoms with Crippen LogP contribution in [-0.2, 0) is 6.54 Å². The first-order chi connectivity index (χ1) is 12.0. The van der Waals surface area contributed by atoms with E-state index in [0.29, 0.717) is 29.2 Å². The molecule has 0 saturated heterocycles. The summed E-state index contributed by atoms with van der Waals surface area (Å²) in [5, 5.41) is 0. The fourth-order valence-electron chi connectivity index (χ4n) is 2.85. The van der Waals surface area contributed by atoms with Gasteiger partial charge in [-0.2, -0.15) is 0 Å². The van der Waals surface area contributed by atoms with Crippen molar-refractivity contribution in [3.8, 4) is 11.5 Å². The monoisotopic (exact) mass is 339 g/mol. The van der Waals surface area contributed by atoms with E-state index in [2.05, 4.69) is 0 Å². The van der Waals surface area contributed by atoms with Crippen molar-refractivity contribution >= 4 is 11.6 Å². The Kier molecular flexibility index (Phi) is 5.14. The lowest BCUT2D eigenvalue weighted by Gasteiger charge is -2.13. The molecule has 1 heterocycles. The van der Waals surface area contributed by atoms with Gasteiger partial charge in [0.2, 0.25) is 6.79 Å². The zero-order valence-electron chi connectivity index (χ0n) is 14.5. The SMILES string of the molecule is CN(C)Cc1ccccc1C(=O)CCC(=O)c1ccc2c(c1)OCO2. The number of Topliss-reactive ketones (excluding diaryl/α,β-unsaturated/α-hetero) is 2. The predicted molar refractivity (Wildman–Crippen MR) is 94.3 cm³/mol. The second-order valence-electron chi connectivity index (χ2n) is 6.31. The maximum atomic E-state index is 12.6. The molecule has 0 N–H and O–H groups in total. The molecule has 0 aliphatic carbocycles. The summed E-state index contributed by atoms with van der Waals surface area (Å²) in [6.07, 6.45) is 0.368. The van der Waals surface area contributed by atoms with Crippen molar-refractivity contribution in [1.29, 1.82) is 0 Å². The van der Waals surface area contributed by atoms with Gasteiger partial charge in [0.05, 0.1) is 0 Å². The van der Waals surface area contributed by atoms with Crippen molar-refractivity contribution in [3.05, 3.63) is 59.2 Å². The Balaban J connectivity index is 1.65. The number of carbonyl (C=O) groups is 2. The third kappa shape index (κ3) is 4.06. The van der Waals surface area contributed by atoms with Crippen LogP contribution in [0.5, 0.6) is 11.5 Å². The first kappa shape index (κ1) is 17.2. The number of fused-ring (bicyclic) bond motifs is 1. The molecule has 2 aromatic rings. The van der Waals surface area contributed by atoms with Gasteiger partial charge in [-0.15, -0.1) is 0 Å². The minimum Gasteiger partial charge on any atom is -0.454 e. The molecule has 2 aromatic carbocycles. The van der Waals surface area contributed by atoms with Gasteiger partial charge in [0, 0.05) is 30.5 Å². The molecule has 0 radical (unpaired) electrons. The molecule has 5 heteroatoms. The van der Waals surface area contributed by atoms with Crippen LogP contribution in [0.25, 0.3) is 0 Å². The molecule has 1 aliphatic rings. The molecular formula is C20H21NO4. The molecule has 130 valence electrons. The molecule has 0 saturated carbocycles. The Hall–Kier alpha value is -2.66. The molecule has 0 aromatic heterocycles. The molecule has 0 bridgehead atoms. The van der Waals surface area contributed by atoms with Crippen molar-refractivity contribution < 1.29 is 19.1 Å². The quantitative estimate of drug-likeness (QED) is 0.724. The maximum Gasteiger partial charge on any atom is 0.231 e. The summed E-state index contributed by atoms with van der Waals surface area (Å²) in [5.74, 6) is 1.14. The topological polar surface area (TPSA) is 55.8 Å². The highest BCUT2D eigenvalue weighted by molar-refractivity contribution is 6.03. The molecule has 0 amide bonds. The van der Waals surface area contributed by atoms with Crippen LogP contribution >= 0.6 is 0 Å². The van der Waals surface area contributed by atoms with E-state index in [1.807, 2.05) is 43.3 Å². The molecule has 3 rings (SSSR count). The van der Waals surface area contributed by atoms with Gasteiger partial charge in [-0.3, -0.25) is 9.59 Å². The summed E-state index contributed by atoms with van der Waals surface area (Å²) < 4.78 is 10.5. The molecule has 0 fully saturated rings. The van der Waals surface area contributed by atoms with Gasteiger partial charge < -0.3 is 14.4 Å². The summed E-state index contributed by atoms with van der Waals surface area (Å²) >= 11 is 0. The number of benzene rings is 2. The van der Waals surface area contributed by atoms with Crippen molar-refractivity contribution in [2.24, 2.45) is 0 Å². The fourth-order valence-corrected chi connectivity index (χ4v) is 2.85. The number of rotatable bonds is 7. The highest BCUT2D eigenvalue weighted by Gasteiger charge is 2.18. The van der Waals surface area contributed by atoms with E-state index in [1.54, 1.807) is 18.2 Å². The summed E-state index contributed by atoms with van der Waals surface area (Å²) in [4.78, 5) is 27.0. The Morgan fingerprint density at radius 3 is 2.48 bits per heavy atom. The van der Waals surface area contributed by atoms with Crippen LogP contribution in [0.2, 0.25) is 0 Å². The minimum absolute atomic E-state index is 0.00783. The molecule has 25 heavy (non-hydrogen) atoms. The highest BCUT2D eigenvalue weighted by Crippen LogP contribution is 2.32. The standard InChI is InChI=1S/C20H21NO4/c1-21(2)12-15-5-3-4-6-16(15)18(23)9-8-17(22)14-7-10-19-20(11-14)25-13-24-19/h3-7,10-11H,8-9,12-13H2,1-2H3. The van der Waals surface area contributed by atoms with Crippen LogP contribution in [0.15, 0.2) is 42.5 Å². The Morgan fingerprint density at radius 1 is 0.960 bits per heavy atom. The average Bonchev–Trinajstić information content (AvgIpc) is 3.07. The average molecular weight is 339 g/mol. The van der Waals surface area contributed by atoms with Gasteiger partial charge in [0.25, 0.3) is 0 Å². The van der Waals surface area contributed by atoms with E-state index in [4.69, 9.17) is 9.47 Å². The fraction of sp³-hybridized carbons (Fsp3) is 0.300. The first-order valence-electron chi connectivity index (χ1n) is 8.23. The molecule has 5 nitrogen and oxygen atoms in total. The van der Waals surface area contributed by atoms with Crippen LogP contribution in [0.1, 0.15) is 39.1 Å². The van der Waals surface area contributed by atoms with E-state index in [-0.39, 0.29) is 31.2 Å². The summed E-state index contributed by atoms with van der Waals surface area (Å²) in [5.41, 5.74) is 2.21. The van der Waals surface area contributed by atoms with E-state index < -0.39 is 0 Å². The molecule has 0 spiro atoms. The van der Waals surface area contributed by atoms with Crippen LogP contribution in [0, 0.1) is 0 Å². The number of ether oxygens (including phenoxy) is 2. The molecular weight excluding hydrogens is 318 g/mol. The van der Waals surface area contributed by atoms with Crippen molar-refractivity contribution in [2.75, 3.05) is 20.9 Å². The number of ketones is 2. The normalized spacial score (nSPS) is 12.4. The third-order valence-corrected chi connectivity index (χ3v) is 4.08. The Bertz CT molecular complexity index is 798. The largest absolute Gasteiger partial charge is 0.454 e. The van der Waals surface area contributed by atoms with Gasteiger partial charge in [0.15, 0.2) is 23.1 Å². The van der Waals surface area contributed by atoms with Gasteiger partial charge in [-0.25, -0.2) is 0 Å². The van der Waals surface area contributed by atoms with E-state index >= 15 is 0 Å². The van der Waals surface area contributed by atoms with Crippen LogP contribution in [-0.4, -0.2) is 37.4 Å². The van der Waals surface area contributed by atoms with Crippen molar-refractivity contribution in [2.45, 2.75) is 19.4 Å². The summed E-state index contributed by atoms with van der Waals surface area (Å²) in [6.45, 7) is 0.867. The maximum absolute atomic E-state index is 12.6. The minimum atomic E-state index is -0.0725. The zero-order chi connectivity index (χ0) is 17.8. The van der Waals surface area contributed by atoms with Crippen LogP contribution in [0.3, 0.4) is 0 Å². The smallest absolute Gasteiger partial charge is 0.231 e. The second-order valence-corrected chi connectivity index (χ2v) is 6.31. The van der Waals surface area contributed by atoms with Crippen molar-refractivity contribution in [1.82, 2.24) is 4.90 Å². The third-order valence-electron chi connectivity index (χ3n) is 4.08. The van der Waals surface area contributed by atoms with Gasteiger partial charge >= 0.3 is 0 Å². The first-order valence-corrected chi connectivity index (χ1v) is 8.23. The van der Waals surface area contributed by atoms with Crippen molar-refractivity contribution in [3.63, 3.8) is 0 Å². The zero-order valence-corrected chi connectivity index (χ0v) is 14.5. The highest BCUT2D eigenvalue weighted by atomic mass is 16.7. The Labute approximate surface area is 147 Å². The van der Waals surface area contributed by atoms with E-state index in [1.165, 1.54) is 0 Å². The van der Waals surface area contributed by atoms with Crippen LogP contribution in [0.4, 0.5) is 0 Å². The lowest BCUT2D eigenvalue weighted by molar-refractivity contribution is 0.0916. The van der Waals surface area contributed by atoms with Crippen LogP contribution < -0.4 is 9.47 Å². The predicted octanol–water partition coefficient (Wildman–Crippen LogP) is 3.32. The van der Waals surface area contributed by atoms with Gasteiger partial charge in [-0.05, 0) is 37.9 Å². The second kappa shape index (κ2) is 7.49. The van der Waals surface area contributed by atoms with Gasteiger partial charge in [0.1, 0.15) is 0 Å². The molecule has 1 aliphatic heterocycles. The number of hydrogen-bond donors (Lipinski definition) is 0.